The Morgan fingerprint density at radius 1 is 1.09 bits per heavy atom. The van der Waals surface area contributed by atoms with Gasteiger partial charge in [-0.25, -0.2) is 4.79 Å². The van der Waals surface area contributed by atoms with Gasteiger partial charge in [-0.1, -0.05) is 63.2 Å². The van der Waals surface area contributed by atoms with Crippen LogP contribution in [0.4, 0.5) is 0 Å². The lowest BCUT2D eigenvalue weighted by atomic mass is 9.93. The predicted molar refractivity (Wildman–Crippen MR) is 94.8 cm³/mol. The van der Waals surface area contributed by atoms with Crippen LogP contribution in [0, 0.1) is 0 Å². The summed E-state index contributed by atoms with van der Waals surface area (Å²) in [6.45, 7) is 7.83. The van der Waals surface area contributed by atoms with Gasteiger partial charge in [-0.15, -0.1) is 0 Å². The maximum absolute atomic E-state index is 11.2. The molecule has 0 spiro atoms. The van der Waals surface area contributed by atoms with Crippen LogP contribution in [-0.2, 0) is 17.6 Å². The van der Waals surface area contributed by atoms with E-state index in [1.54, 1.807) is 0 Å². The standard InChI is InChI=1S/C21H24O2/c1-4-6-17-7-11-19(12-8-17)16(3)15-18-9-13-20(14-10-18)23-21(22)5-2/h5,7-14,16H,2,4,6,15H2,1,3H3. The molecule has 0 N–H and O–H groups in total. The fourth-order valence-electron chi connectivity index (χ4n) is 2.62. The van der Waals surface area contributed by atoms with E-state index >= 15 is 0 Å². The van der Waals surface area contributed by atoms with Gasteiger partial charge in [0.25, 0.3) is 0 Å². The van der Waals surface area contributed by atoms with E-state index in [-0.39, 0.29) is 0 Å². The highest BCUT2D eigenvalue weighted by atomic mass is 16.5. The second-order valence-corrected chi connectivity index (χ2v) is 5.87. The number of ether oxygens (including phenoxy) is 1. The minimum atomic E-state index is -0.432. The van der Waals surface area contributed by atoms with Crippen molar-refractivity contribution in [2.24, 2.45) is 0 Å². The van der Waals surface area contributed by atoms with Crippen LogP contribution in [-0.4, -0.2) is 5.97 Å². The smallest absolute Gasteiger partial charge is 0.335 e. The fourth-order valence-corrected chi connectivity index (χ4v) is 2.62. The van der Waals surface area contributed by atoms with Crippen molar-refractivity contribution in [1.29, 1.82) is 0 Å². The SMILES string of the molecule is C=CC(=O)Oc1ccc(CC(C)c2ccc(CCC)cc2)cc1. The van der Waals surface area contributed by atoms with Crippen LogP contribution in [0.2, 0.25) is 0 Å². The lowest BCUT2D eigenvalue weighted by Crippen LogP contribution is -2.03. The number of rotatable bonds is 7. The molecule has 120 valence electrons. The summed E-state index contributed by atoms with van der Waals surface area (Å²) in [5.41, 5.74) is 3.98. The van der Waals surface area contributed by atoms with Gasteiger partial charge in [0.05, 0.1) is 0 Å². The molecule has 2 nitrogen and oxygen atoms in total. The number of hydrogen-bond donors (Lipinski definition) is 0. The molecular weight excluding hydrogens is 284 g/mol. The number of carbonyl (C=O) groups excluding carboxylic acids is 1. The molecule has 1 unspecified atom stereocenters. The van der Waals surface area contributed by atoms with Gasteiger partial charge in [-0.05, 0) is 47.6 Å². The van der Waals surface area contributed by atoms with Gasteiger partial charge >= 0.3 is 5.97 Å². The van der Waals surface area contributed by atoms with E-state index in [1.165, 1.54) is 23.1 Å². The Balaban J connectivity index is 1.97. The maximum atomic E-state index is 11.2. The Morgan fingerprint density at radius 3 is 2.26 bits per heavy atom. The summed E-state index contributed by atoms with van der Waals surface area (Å²) in [6, 6.07) is 16.6. The van der Waals surface area contributed by atoms with Crippen molar-refractivity contribution >= 4 is 5.97 Å². The molecule has 0 amide bonds. The predicted octanol–water partition coefficient (Wildman–Crippen LogP) is 5.08. The first kappa shape index (κ1) is 17.0. The first-order valence-electron chi connectivity index (χ1n) is 8.14. The van der Waals surface area contributed by atoms with Crippen LogP contribution in [0.1, 0.15) is 42.9 Å². The third-order valence-electron chi connectivity index (χ3n) is 3.94. The zero-order chi connectivity index (χ0) is 16.7. The van der Waals surface area contributed by atoms with E-state index in [1.807, 2.05) is 24.3 Å². The van der Waals surface area contributed by atoms with Crippen molar-refractivity contribution in [3.63, 3.8) is 0 Å². The number of aryl methyl sites for hydroxylation is 1. The van der Waals surface area contributed by atoms with Crippen LogP contribution in [0.15, 0.2) is 61.2 Å². The van der Waals surface area contributed by atoms with Crippen LogP contribution >= 0.6 is 0 Å². The highest BCUT2D eigenvalue weighted by molar-refractivity contribution is 5.83. The summed E-state index contributed by atoms with van der Waals surface area (Å²) in [6.07, 6.45) is 4.44. The lowest BCUT2D eigenvalue weighted by Gasteiger charge is -2.13. The molecule has 0 aromatic heterocycles. The summed E-state index contributed by atoms with van der Waals surface area (Å²) >= 11 is 0. The van der Waals surface area contributed by atoms with E-state index in [0.29, 0.717) is 11.7 Å². The molecule has 2 aromatic rings. The molecule has 0 fully saturated rings. The van der Waals surface area contributed by atoms with Crippen molar-refractivity contribution in [3.8, 4) is 5.75 Å². The Kier molecular flexibility index (Phi) is 6.16. The van der Waals surface area contributed by atoms with Gasteiger partial charge < -0.3 is 4.74 Å². The van der Waals surface area contributed by atoms with E-state index in [0.717, 1.165) is 18.9 Å². The van der Waals surface area contributed by atoms with Gasteiger partial charge in [-0.2, -0.15) is 0 Å². The molecule has 2 heteroatoms. The van der Waals surface area contributed by atoms with E-state index in [2.05, 4.69) is 44.7 Å². The van der Waals surface area contributed by atoms with Gasteiger partial charge in [0.2, 0.25) is 0 Å². The van der Waals surface area contributed by atoms with Crippen molar-refractivity contribution in [2.75, 3.05) is 0 Å². The summed E-state index contributed by atoms with van der Waals surface area (Å²) in [7, 11) is 0. The minimum absolute atomic E-state index is 0.432. The minimum Gasteiger partial charge on any atom is -0.423 e. The Hall–Kier alpha value is -2.35. The lowest BCUT2D eigenvalue weighted by molar-refractivity contribution is -0.128. The summed E-state index contributed by atoms with van der Waals surface area (Å²) in [5.74, 6) is 0.570. The summed E-state index contributed by atoms with van der Waals surface area (Å²) in [5, 5.41) is 0. The number of carbonyl (C=O) groups is 1. The highest BCUT2D eigenvalue weighted by Gasteiger charge is 2.07. The molecule has 0 radical (unpaired) electrons. The quantitative estimate of drug-likeness (QED) is 0.405. The zero-order valence-electron chi connectivity index (χ0n) is 13.9. The Labute approximate surface area is 138 Å². The number of hydrogen-bond acceptors (Lipinski definition) is 2. The van der Waals surface area contributed by atoms with Crippen molar-refractivity contribution in [2.45, 2.75) is 39.0 Å². The van der Waals surface area contributed by atoms with Gasteiger partial charge in [0.15, 0.2) is 0 Å². The van der Waals surface area contributed by atoms with Gasteiger partial charge in [0.1, 0.15) is 5.75 Å². The largest absolute Gasteiger partial charge is 0.423 e. The molecule has 0 saturated heterocycles. The van der Waals surface area contributed by atoms with Crippen molar-refractivity contribution < 1.29 is 9.53 Å². The molecule has 0 bridgehead atoms. The molecule has 0 aliphatic carbocycles. The fraction of sp³-hybridized carbons (Fsp3) is 0.286. The third-order valence-corrected chi connectivity index (χ3v) is 3.94. The normalized spacial score (nSPS) is 11.7. The van der Waals surface area contributed by atoms with Crippen LogP contribution < -0.4 is 4.74 Å². The first-order chi connectivity index (χ1) is 11.1. The molecule has 0 saturated carbocycles. The van der Waals surface area contributed by atoms with Gasteiger partial charge in [-0.3, -0.25) is 0 Å². The maximum Gasteiger partial charge on any atom is 0.335 e. The third kappa shape index (κ3) is 5.10. The van der Waals surface area contributed by atoms with E-state index in [9.17, 15) is 4.79 Å². The molecule has 2 aromatic carbocycles. The molecule has 0 aliphatic heterocycles. The van der Waals surface area contributed by atoms with E-state index in [4.69, 9.17) is 4.74 Å². The van der Waals surface area contributed by atoms with Crippen LogP contribution in [0.3, 0.4) is 0 Å². The van der Waals surface area contributed by atoms with Crippen molar-refractivity contribution in [3.05, 3.63) is 77.9 Å². The molecule has 1 atom stereocenters. The molecular formula is C21H24O2. The molecule has 2 rings (SSSR count). The highest BCUT2D eigenvalue weighted by Crippen LogP contribution is 2.22. The second-order valence-electron chi connectivity index (χ2n) is 5.87. The zero-order valence-corrected chi connectivity index (χ0v) is 13.9. The summed E-state index contributed by atoms with van der Waals surface area (Å²) < 4.78 is 5.09. The average Bonchev–Trinajstić information content (AvgIpc) is 2.57. The van der Waals surface area contributed by atoms with Crippen molar-refractivity contribution in [1.82, 2.24) is 0 Å². The Bertz CT molecular complexity index is 639. The topological polar surface area (TPSA) is 26.3 Å². The van der Waals surface area contributed by atoms with Gasteiger partial charge in [0, 0.05) is 6.08 Å². The molecule has 23 heavy (non-hydrogen) atoms. The summed E-state index contributed by atoms with van der Waals surface area (Å²) in [4.78, 5) is 11.2. The molecule has 0 heterocycles. The van der Waals surface area contributed by atoms with Crippen LogP contribution in [0.5, 0.6) is 5.75 Å². The monoisotopic (exact) mass is 308 g/mol. The molecule has 0 aliphatic rings. The Morgan fingerprint density at radius 2 is 1.70 bits per heavy atom. The number of benzene rings is 2. The number of esters is 1. The van der Waals surface area contributed by atoms with E-state index < -0.39 is 5.97 Å². The van der Waals surface area contributed by atoms with Crippen LogP contribution in [0.25, 0.3) is 0 Å². The average molecular weight is 308 g/mol. The first-order valence-corrected chi connectivity index (χ1v) is 8.14. The second kappa shape index (κ2) is 8.33.